The number of nitrogens with one attached hydrogen (secondary N) is 1. The summed E-state index contributed by atoms with van der Waals surface area (Å²) in [7, 11) is 0. The zero-order chi connectivity index (χ0) is 20.3. The second kappa shape index (κ2) is 8.74. The van der Waals surface area contributed by atoms with Gasteiger partial charge < -0.3 is 9.84 Å². The van der Waals surface area contributed by atoms with Crippen LogP contribution in [0, 0.1) is 0 Å². The van der Waals surface area contributed by atoms with E-state index in [1.807, 2.05) is 0 Å². The van der Waals surface area contributed by atoms with Crippen molar-refractivity contribution in [3.8, 4) is 11.3 Å². The molecule has 156 valence electrons. The van der Waals surface area contributed by atoms with E-state index in [4.69, 9.17) is 4.52 Å². The quantitative estimate of drug-likeness (QED) is 0.618. The zero-order valence-corrected chi connectivity index (χ0v) is 17.9. The molecule has 0 radical (unpaired) electrons. The number of aryl methyl sites for hydroxylation is 2. The Hall–Kier alpha value is -2.44. The largest absolute Gasteiger partial charge is 0.355 e. The number of hydrogen-bond donors (Lipinski definition) is 1. The lowest BCUT2D eigenvalue weighted by Gasteiger charge is -2.26. The van der Waals surface area contributed by atoms with Crippen LogP contribution in [0.25, 0.3) is 11.3 Å². The average Bonchev–Trinajstić information content (AvgIpc) is 3.56. The molecule has 0 bridgehead atoms. The van der Waals surface area contributed by atoms with Gasteiger partial charge in [-0.25, -0.2) is 0 Å². The first-order chi connectivity index (χ1) is 14.8. The first-order valence-electron chi connectivity index (χ1n) is 10.9. The van der Waals surface area contributed by atoms with E-state index in [9.17, 15) is 4.79 Å². The highest BCUT2D eigenvalue weighted by Gasteiger charge is 2.25. The predicted octanol–water partition coefficient (Wildman–Crippen LogP) is 4.85. The number of carbonyl (C=O) groups is 1. The molecule has 5 rings (SSSR count). The van der Waals surface area contributed by atoms with Crippen LogP contribution in [0.3, 0.4) is 0 Å². The molecule has 1 aliphatic heterocycles. The van der Waals surface area contributed by atoms with Crippen LogP contribution in [-0.2, 0) is 12.8 Å². The molecule has 2 aromatic heterocycles. The van der Waals surface area contributed by atoms with E-state index in [0.29, 0.717) is 18.0 Å². The Morgan fingerprint density at radius 2 is 1.93 bits per heavy atom. The topological polar surface area (TPSA) is 58.4 Å². The van der Waals surface area contributed by atoms with E-state index in [0.717, 1.165) is 31.5 Å². The lowest BCUT2D eigenvalue weighted by molar-refractivity contribution is 0.0929. The molecule has 6 heteroatoms. The van der Waals surface area contributed by atoms with Gasteiger partial charge in [0.25, 0.3) is 5.91 Å². The van der Waals surface area contributed by atoms with Gasteiger partial charge in [-0.1, -0.05) is 23.4 Å². The summed E-state index contributed by atoms with van der Waals surface area (Å²) in [5, 5.41) is 9.23. The third kappa shape index (κ3) is 4.07. The second-order valence-corrected chi connectivity index (χ2v) is 9.23. The van der Waals surface area contributed by atoms with Gasteiger partial charge >= 0.3 is 0 Å². The molecule has 0 unspecified atom stereocenters. The number of benzene rings is 1. The van der Waals surface area contributed by atoms with Gasteiger partial charge in [-0.2, -0.15) is 0 Å². The maximum atomic E-state index is 12.8. The molecule has 3 heterocycles. The zero-order valence-electron chi connectivity index (χ0n) is 17.1. The van der Waals surface area contributed by atoms with Crippen LogP contribution in [-0.4, -0.2) is 35.6 Å². The number of carbonyl (C=O) groups excluding carboxylic acids is 1. The summed E-state index contributed by atoms with van der Waals surface area (Å²) < 4.78 is 5.52. The summed E-state index contributed by atoms with van der Waals surface area (Å²) in [6.07, 6.45) is 7.23. The summed E-state index contributed by atoms with van der Waals surface area (Å²) in [6, 6.07) is 12.7. The maximum absolute atomic E-state index is 12.8. The van der Waals surface area contributed by atoms with Crippen molar-refractivity contribution in [2.75, 3.05) is 19.6 Å². The molecular weight excluding hydrogens is 394 g/mol. The molecule has 1 fully saturated rings. The van der Waals surface area contributed by atoms with Crippen LogP contribution >= 0.6 is 11.3 Å². The fourth-order valence-electron chi connectivity index (χ4n) is 4.63. The average molecular weight is 422 g/mol. The van der Waals surface area contributed by atoms with Crippen molar-refractivity contribution >= 4 is 17.2 Å². The van der Waals surface area contributed by atoms with Crippen LogP contribution in [0.15, 0.2) is 46.3 Å². The van der Waals surface area contributed by atoms with E-state index < -0.39 is 0 Å². The Morgan fingerprint density at radius 3 is 2.73 bits per heavy atom. The van der Waals surface area contributed by atoms with Crippen LogP contribution < -0.4 is 5.32 Å². The maximum Gasteiger partial charge on any atom is 0.273 e. The number of aromatic nitrogens is 1. The Kier molecular flexibility index (Phi) is 5.69. The lowest BCUT2D eigenvalue weighted by atomic mass is 9.90. The minimum Gasteiger partial charge on any atom is -0.355 e. The lowest BCUT2D eigenvalue weighted by Crippen LogP contribution is -2.36. The van der Waals surface area contributed by atoms with Crippen molar-refractivity contribution in [1.29, 1.82) is 0 Å². The van der Waals surface area contributed by atoms with Gasteiger partial charge in [0.1, 0.15) is 0 Å². The molecule has 1 atom stereocenters. The first kappa shape index (κ1) is 19.5. The van der Waals surface area contributed by atoms with Crippen molar-refractivity contribution in [3.05, 3.63) is 63.5 Å². The summed E-state index contributed by atoms with van der Waals surface area (Å²) in [5.41, 5.74) is 4.17. The van der Waals surface area contributed by atoms with Crippen molar-refractivity contribution in [1.82, 2.24) is 15.4 Å². The van der Waals surface area contributed by atoms with Gasteiger partial charge in [0.15, 0.2) is 11.5 Å². The molecule has 1 aliphatic carbocycles. The number of likely N-dealkylation sites (tertiary alicyclic amines) is 1. The van der Waals surface area contributed by atoms with Crippen LogP contribution in [0.2, 0.25) is 0 Å². The minimum atomic E-state index is -0.177. The van der Waals surface area contributed by atoms with E-state index in [1.165, 1.54) is 41.7 Å². The molecular formula is C24H27N3O2S. The molecule has 30 heavy (non-hydrogen) atoms. The Morgan fingerprint density at radius 1 is 1.10 bits per heavy atom. The highest BCUT2D eigenvalue weighted by atomic mass is 32.1. The van der Waals surface area contributed by atoms with Crippen molar-refractivity contribution in [2.24, 2.45) is 0 Å². The Balaban J connectivity index is 1.27. The van der Waals surface area contributed by atoms with Gasteiger partial charge in [-0.15, -0.1) is 11.3 Å². The smallest absolute Gasteiger partial charge is 0.273 e. The summed E-state index contributed by atoms with van der Waals surface area (Å²) in [6.45, 7) is 2.76. The summed E-state index contributed by atoms with van der Waals surface area (Å²) in [4.78, 5) is 16.5. The van der Waals surface area contributed by atoms with E-state index in [2.05, 4.69) is 51.1 Å². The van der Waals surface area contributed by atoms with Gasteiger partial charge in [0.2, 0.25) is 0 Å². The number of thiophene rings is 1. The van der Waals surface area contributed by atoms with E-state index >= 15 is 0 Å². The fraction of sp³-hybridized carbons (Fsp3) is 0.417. The van der Waals surface area contributed by atoms with Crippen molar-refractivity contribution < 1.29 is 9.32 Å². The standard InChI is InChI=1S/C24H27N3O2S/c28-24(25-16-21(23-8-5-13-30-23)27-11-3-4-12-27)20-15-22(29-26-20)19-10-9-17-6-1-2-7-18(17)14-19/h5,8-10,13-15,21H,1-4,6-7,11-12,16H2,(H,25,28)/t21-/m1/s1. The van der Waals surface area contributed by atoms with Gasteiger partial charge in [-0.3, -0.25) is 9.69 Å². The fourth-order valence-corrected chi connectivity index (χ4v) is 5.49. The van der Waals surface area contributed by atoms with Crippen LogP contribution in [0.1, 0.15) is 58.2 Å². The van der Waals surface area contributed by atoms with Gasteiger partial charge in [-0.05, 0) is 80.3 Å². The molecule has 1 saturated heterocycles. The number of hydrogen-bond acceptors (Lipinski definition) is 5. The van der Waals surface area contributed by atoms with Crippen LogP contribution in [0.5, 0.6) is 0 Å². The summed E-state index contributed by atoms with van der Waals surface area (Å²) in [5.74, 6) is 0.478. The van der Waals surface area contributed by atoms with Crippen molar-refractivity contribution in [3.63, 3.8) is 0 Å². The Labute approximate surface area is 181 Å². The normalized spacial score (nSPS) is 17.6. The molecule has 0 spiro atoms. The Bertz CT molecular complexity index is 1010. The highest BCUT2D eigenvalue weighted by Crippen LogP contribution is 2.29. The van der Waals surface area contributed by atoms with Gasteiger partial charge in [0.05, 0.1) is 6.04 Å². The van der Waals surface area contributed by atoms with Crippen molar-refractivity contribution in [2.45, 2.75) is 44.6 Å². The third-order valence-electron chi connectivity index (χ3n) is 6.28. The van der Waals surface area contributed by atoms with Crippen LogP contribution in [0.4, 0.5) is 0 Å². The summed E-state index contributed by atoms with van der Waals surface area (Å²) >= 11 is 1.75. The monoisotopic (exact) mass is 421 g/mol. The van der Waals surface area contributed by atoms with Gasteiger partial charge in [0, 0.05) is 23.1 Å². The number of rotatable bonds is 6. The molecule has 5 nitrogen and oxygen atoms in total. The number of amides is 1. The van der Waals surface area contributed by atoms with E-state index in [1.54, 1.807) is 17.4 Å². The number of fused-ring (bicyclic) bond motifs is 1. The third-order valence-corrected chi connectivity index (χ3v) is 7.26. The molecule has 2 aliphatic rings. The molecule has 1 aromatic carbocycles. The molecule has 3 aromatic rings. The second-order valence-electron chi connectivity index (χ2n) is 8.25. The predicted molar refractivity (Wildman–Crippen MR) is 119 cm³/mol. The minimum absolute atomic E-state index is 0.177. The van der Waals surface area contributed by atoms with E-state index in [-0.39, 0.29) is 11.9 Å². The molecule has 1 N–H and O–H groups in total. The molecule has 1 amide bonds. The molecule has 0 saturated carbocycles. The highest BCUT2D eigenvalue weighted by molar-refractivity contribution is 7.10. The SMILES string of the molecule is O=C(NC[C@H](c1cccs1)N1CCCC1)c1cc(-c2ccc3c(c2)CCCC3)on1. The number of nitrogens with zero attached hydrogens (tertiary/aromatic N) is 2. The first-order valence-corrected chi connectivity index (χ1v) is 11.8.